The summed E-state index contributed by atoms with van der Waals surface area (Å²) in [5, 5.41) is 2.61. The van der Waals surface area contributed by atoms with E-state index in [1.54, 1.807) is 18.2 Å². The van der Waals surface area contributed by atoms with Crippen LogP contribution in [0.1, 0.15) is 6.92 Å². The van der Waals surface area contributed by atoms with Crippen molar-refractivity contribution in [1.82, 2.24) is 0 Å². The Morgan fingerprint density at radius 1 is 1.07 bits per heavy atom. The zero-order valence-corrected chi connectivity index (χ0v) is 15.2. The maximum atomic E-state index is 13.1. The molecule has 8 heteroatoms. The number of carbonyl (C=O) groups is 2. The van der Waals surface area contributed by atoms with Crippen molar-refractivity contribution in [3.05, 3.63) is 48.3 Å². The summed E-state index contributed by atoms with van der Waals surface area (Å²) in [6, 6.07) is 10.2. The van der Waals surface area contributed by atoms with Gasteiger partial charge in [0.15, 0.2) is 24.2 Å². The lowest BCUT2D eigenvalue weighted by Crippen LogP contribution is -2.31. The molecule has 0 bridgehead atoms. The lowest BCUT2D eigenvalue weighted by atomic mass is 10.2. The molecule has 7 nitrogen and oxygen atoms in total. The minimum Gasteiger partial charge on any atom is -0.493 e. The molecule has 0 aliphatic rings. The Bertz CT molecular complexity index is 811. The van der Waals surface area contributed by atoms with Crippen molar-refractivity contribution in [1.29, 1.82) is 0 Å². The average Bonchev–Trinajstić information content (AvgIpc) is 2.66. The summed E-state index contributed by atoms with van der Waals surface area (Å²) in [5.74, 6) is -0.610. The van der Waals surface area contributed by atoms with Crippen molar-refractivity contribution in [3.8, 4) is 17.2 Å². The first-order valence-electron chi connectivity index (χ1n) is 8.03. The topological polar surface area (TPSA) is 83.1 Å². The number of hydrogen-bond donors (Lipinski definition) is 1. The SMILES string of the molecule is COc1ccc(NC(=O)C(C)OC(=O)COc2cccc(F)c2)cc1OC. The molecule has 0 aliphatic heterocycles. The summed E-state index contributed by atoms with van der Waals surface area (Å²) in [6.07, 6.45) is -1.05. The van der Waals surface area contributed by atoms with Gasteiger partial charge in [-0.15, -0.1) is 0 Å². The van der Waals surface area contributed by atoms with Gasteiger partial charge in [0.25, 0.3) is 5.91 Å². The number of benzene rings is 2. The largest absolute Gasteiger partial charge is 0.493 e. The number of amides is 1. The van der Waals surface area contributed by atoms with Crippen LogP contribution in [0.15, 0.2) is 42.5 Å². The number of halogens is 1. The molecule has 0 radical (unpaired) electrons. The van der Waals surface area contributed by atoms with Crippen LogP contribution in [-0.2, 0) is 14.3 Å². The molecule has 2 aromatic rings. The standard InChI is InChI=1S/C19H20FNO6/c1-12(27-18(22)11-26-15-6-4-5-13(20)9-15)19(23)21-14-7-8-16(24-2)17(10-14)25-3/h4-10,12H,11H2,1-3H3,(H,21,23). The van der Waals surface area contributed by atoms with E-state index >= 15 is 0 Å². The summed E-state index contributed by atoms with van der Waals surface area (Å²) < 4.78 is 33.5. The fourth-order valence-corrected chi connectivity index (χ4v) is 2.14. The summed E-state index contributed by atoms with van der Waals surface area (Å²) in [4.78, 5) is 24.0. The van der Waals surface area contributed by atoms with Gasteiger partial charge in [0.2, 0.25) is 0 Å². The highest BCUT2D eigenvalue weighted by atomic mass is 19.1. The molecule has 1 unspecified atom stereocenters. The van der Waals surface area contributed by atoms with Crippen molar-refractivity contribution in [2.75, 3.05) is 26.1 Å². The van der Waals surface area contributed by atoms with E-state index in [0.29, 0.717) is 17.2 Å². The fourth-order valence-electron chi connectivity index (χ4n) is 2.14. The third kappa shape index (κ3) is 5.88. The Kier molecular flexibility index (Phi) is 6.99. The van der Waals surface area contributed by atoms with Crippen LogP contribution >= 0.6 is 0 Å². The lowest BCUT2D eigenvalue weighted by Gasteiger charge is -2.15. The van der Waals surface area contributed by atoms with Gasteiger partial charge in [-0.1, -0.05) is 6.07 Å². The zero-order valence-electron chi connectivity index (χ0n) is 15.2. The molecular weight excluding hydrogens is 357 g/mol. The van der Waals surface area contributed by atoms with Crippen LogP contribution in [-0.4, -0.2) is 38.8 Å². The number of hydrogen-bond acceptors (Lipinski definition) is 6. The predicted octanol–water partition coefficient (Wildman–Crippen LogP) is 2.79. The van der Waals surface area contributed by atoms with Crippen LogP contribution in [0.4, 0.5) is 10.1 Å². The average molecular weight is 377 g/mol. The van der Waals surface area contributed by atoms with Crippen molar-refractivity contribution in [2.45, 2.75) is 13.0 Å². The number of esters is 1. The zero-order chi connectivity index (χ0) is 19.8. The molecule has 0 saturated carbocycles. The highest BCUT2D eigenvalue weighted by Crippen LogP contribution is 2.29. The summed E-state index contributed by atoms with van der Waals surface area (Å²) >= 11 is 0. The minimum absolute atomic E-state index is 0.189. The number of carbonyl (C=O) groups excluding carboxylic acids is 2. The van der Waals surface area contributed by atoms with Crippen LogP contribution in [0.3, 0.4) is 0 Å². The maximum Gasteiger partial charge on any atom is 0.344 e. The van der Waals surface area contributed by atoms with Gasteiger partial charge in [0, 0.05) is 17.8 Å². The Morgan fingerprint density at radius 2 is 1.81 bits per heavy atom. The van der Waals surface area contributed by atoms with E-state index in [9.17, 15) is 14.0 Å². The van der Waals surface area contributed by atoms with Crippen LogP contribution in [0.5, 0.6) is 17.2 Å². The Balaban J connectivity index is 1.86. The molecule has 0 aromatic heterocycles. The third-order valence-electron chi connectivity index (χ3n) is 3.48. The van der Waals surface area contributed by atoms with Crippen LogP contribution in [0.2, 0.25) is 0 Å². The molecule has 0 fully saturated rings. The van der Waals surface area contributed by atoms with E-state index in [0.717, 1.165) is 6.07 Å². The molecule has 2 rings (SSSR count). The molecular formula is C19H20FNO6. The molecule has 1 atom stereocenters. The molecule has 2 aromatic carbocycles. The molecule has 0 heterocycles. The quantitative estimate of drug-likeness (QED) is 0.713. The molecule has 0 aliphatic carbocycles. The number of nitrogens with one attached hydrogen (secondary N) is 1. The first kappa shape index (κ1) is 20.0. The van der Waals surface area contributed by atoms with Gasteiger partial charge >= 0.3 is 5.97 Å². The van der Waals surface area contributed by atoms with Gasteiger partial charge in [-0.05, 0) is 31.2 Å². The highest BCUT2D eigenvalue weighted by Gasteiger charge is 2.19. The van der Waals surface area contributed by atoms with Gasteiger partial charge in [0.05, 0.1) is 14.2 Å². The molecule has 1 N–H and O–H groups in total. The smallest absolute Gasteiger partial charge is 0.344 e. The second kappa shape index (κ2) is 9.42. The first-order chi connectivity index (χ1) is 12.9. The third-order valence-corrected chi connectivity index (χ3v) is 3.48. The van der Waals surface area contributed by atoms with Crippen molar-refractivity contribution in [2.24, 2.45) is 0 Å². The van der Waals surface area contributed by atoms with E-state index in [1.165, 1.54) is 39.3 Å². The van der Waals surface area contributed by atoms with Crippen LogP contribution < -0.4 is 19.5 Å². The summed E-state index contributed by atoms with van der Waals surface area (Å²) in [7, 11) is 2.98. The van der Waals surface area contributed by atoms with E-state index < -0.39 is 30.4 Å². The molecule has 144 valence electrons. The number of anilines is 1. The highest BCUT2D eigenvalue weighted by molar-refractivity contribution is 5.95. The monoisotopic (exact) mass is 377 g/mol. The molecule has 0 spiro atoms. The van der Waals surface area contributed by atoms with Crippen LogP contribution in [0, 0.1) is 5.82 Å². The summed E-state index contributed by atoms with van der Waals surface area (Å²) in [5.41, 5.74) is 0.455. The van der Waals surface area contributed by atoms with Crippen molar-refractivity contribution >= 4 is 17.6 Å². The molecule has 27 heavy (non-hydrogen) atoms. The normalized spacial score (nSPS) is 11.3. The molecule has 0 saturated heterocycles. The second-order valence-electron chi connectivity index (χ2n) is 5.44. The van der Waals surface area contributed by atoms with E-state index in [1.807, 2.05) is 0 Å². The van der Waals surface area contributed by atoms with Gasteiger partial charge in [-0.2, -0.15) is 0 Å². The number of rotatable bonds is 8. The van der Waals surface area contributed by atoms with Gasteiger partial charge in [0.1, 0.15) is 11.6 Å². The second-order valence-corrected chi connectivity index (χ2v) is 5.44. The number of ether oxygens (including phenoxy) is 4. The van der Waals surface area contributed by atoms with Crippen molar-refractivity contribution < 1.29 is 32.9 Å². The van der Waals surface area contributed by atoms with E-state index in [4.69, 9.17) is 18.9 Å². The van der Waals surface area contributed by atoms with Crippen LogP contribution in [0.25, 0.3) is 0 Å². The molecule has 1 amide bonds. The lowest BCUT2D eigenvalue weighted by molar-refractivity contribution is -0.155. The van der Waals surface area contributed by atoms with E-state index in [-0.39, 0.29) is 5.75 Å². The van der Waals surface area contributed by atoms with E-state index in [2.05, 4.69) is 5.32 Å². The maximum absolute atomic E-state index is 13.1. The predicted molar refractivity (Wildman–Crippen MR) is 95.6 cm³/mol. The minimum atomic E-state index is -1.05. The Morgan fingerprint density at radius 3 is 2.48 bits per heavy atom. The number of methoxy groups -OCH3 is 2. The summed E-state index contributed by atoms with van der Waals surface area (Å²) in [6.45, 7) is 0.980. The van der Waals surface area contributed by atoms with Gasteiger partial charge in [-0.25, -0.2) is 9.18 Å². The fraction of sp³-hybridized carbons (Fsp3) is 0.263. The van der Waals surface area contributed by atoms with Gasteiger partial charge in [-0.3, -0.25) is 4.79 Å². The Labute approximate surface area is 156 Å². The van der Waals surface area contributed by atoms with Gasteiger partial charge < -0.3 is 24.3 Å². The first-order valence-corrected chi connectivity index (χ1v) is 8.03. The Hall–Kier alpha value is -3.29. The van der Waals surface area contributed by atoms with Crippen molar-refractivity contribution in [3.63, 3.8) is 0 Å².